The number of rotatable bonds is 3. The van der Waals surface area contributed by atoms with Gasteiger partial charge in [-0.25, -0.2) is 4.39 Å². The maximum absolute atomic E-state index is 14.3. The van der Waals surface area contributed by atoms with Gasteiger partial charge in [0, 0.05) is 30.1 Å². The highest BCUT2D eigenvalue weighted by molar-refractivity contribution is 6.31. The van der Waals surface area contributed by atoms with Crippen molar-refractivity contribution in [3.63, 3.8) is 0 Å². The molecule has 0 saturated carbocycles. The molecule has 3 aromatic rings. The molecule has 1 saturated heterocycles. The molecule has 28 heavy (non-hydrogen) atoms. The predicted octanol–water partition coefficient (Wildman–Crippen LogP) is 3.72. The van der Waals surface area contributed by atoms with Crippen molar-refractivity contribution < 1.29 is 19.4 Å². The number of aliphatic hydroxyl groups is 2. The zero-order valence-corrected chi connectivity index (χ0v) is 15.7. The van der Waals surface area contributed by atoms with Crippen LogP contribution in [0.5, 0.6) is 0 Å². The first-order chi connectivity index (χ1) is 13.5. The van der Waals surface area contributed by atoms with E-state index in [0.717, 1.165) is 10.8 Å². The van der Waals surface area contributed by atoms with Gasteiger partial charge in [0.25, 0.3) is 5.91 Å². The van der Waals surface area contributed by atoms with Crippen molar-refractivity contribution in [2.24, 2.45) is 5.92 Å². The summed E-state index contributed by atoms with van der Waals surface area (Å²) in [5, 5.41) is 21.0. The minimum absolute atomic E-state index is 0.0764. The Morgan fingerprint density at radius 3 is 2.61 bits per heavy atom. The molecular weight excluding hydrogens is 381 g/mol. The van der Waals surface area contributed by atoms with Gasteiger partial charge in [-0.05, 0) is 40.6 Å². The number of carbonyl (C=O) groups excluding carboxylic acids is 1. The largest absolute Gasteiger partial charge is 0.396 e. The van der Waals surface area contributed by atoms with Gasteiger partial charge in [-0.15, -0.1) is 0 Å². The molecule has 0 aromatic heterocycles. The molecule has 2 N–H and O–H groups in total. The molecular formula is C22H19ClFNO3. The summed E-state index contributed by atoms with van der Waals surface area (Å²) in [4.78, 5) is 14.3. The third-order valence-corrected chi connectivity index (χ3v) is 5.57. The van der Waals surface area contributed by atoms with Crippen molar-refractivity contribution in [3.8, 4) is 11.1 Å². The van der Waals surface area contributed by atoms with E-state index in [0.29, 0.717) is 23.2 Å². The molecule has 0 bridgehead atoms. The number of likely N-dealkylation sites (tertiary alicyclic amines) is 1. The molecule has 0 radical (unpaired) electrons. The molecule has 2 atom stereocenters. The average molecular weight is 400 g/mol. The summed E-state index contributed by atoms with van der Waals surface area (Å²) in [5.41, 5.74) is 1.65. The first-order valence-corrected chi connectivity index (χ1v) is 9.42. The lowest BCUT2D eigenvalue weighted by Gasteiger charge is -2.16. The smallest absolute Gasteiger partial charge is 0.253 e. The zero-order valence-electron chi connectivity index (χ0n) is 15.0. The summed E-state index contributed by atoms with van der Waals surface area (Å²) in [6.07, 6.45) is -0.704. The number of halogens is 2. The first-order valence-electron chi connectivity index (χ1n) is 9.04. The standard InChI is InChI=1S/C22H19ClFNO3/c23-19-3-1-2-18(21(19)24)15-6-4-14-9-16(7-5-13(14)8-15)22(28)25-10-17(12-26)20(27)11-25/h1-9,17,20,26-27H,10-12H2/t17-,20+/m1/s1. The van der Waals surface area contributed by atoms with Crippen molar-refractivity contribution in [2.75, 3.05) is 19.7 Å². The highest BCUT2D eigenvalue weighted by atomic mass is 35.5. The Bertz CT molecular complexity index is 1060. The van der Waals surface area contributed by atoms with Crippen molar-refractivity contribution in [1.82, 2.24) is 4.90 Å². The van der Waals surface area contributed by atoms with Crippen LogP contribution in [0.2, 0.25) is 5.02 Å². The fourth-order valence-electron chi connectivity index (χ4n) is 3.66. The molecule has 1 fully saturated rings. The topological polar surface area (TPSA) is 60.8 Å². The Hall–Kier alpha value is -2.47. The Morgan fingerprint density at radius 2 is 1.86 bits per heavy atom. The summed E-state index contributed by atoms with van der Waals surface area (Å²) in [5.74, 6) is -0.942. The van der Waals surface area contributed by atoms with Crippen molar-refractivity contribution in [1.29, 1.82) is 0 Å². The summed E-state index contributed by atoms with van der Waals surface area (Å²) in [6.45, 7) is 0.405. The molecule has 1 aliphatic rings. The Kier molecular flexibility index (Phi) is 5.06. The number of nitrogens with zero attached hydrogens (tertiary/aromatic N) is 1. The van der Waals surface area contributed by atoms with Gasteiger partial charge >= 0.3 is 0 Å². The molecule has 6 heteroatoms. The summed E-state index contributed by atoms with van der Waals surface area (Å²) in [6, 6.07) is 15.7. The second-order valence-electron chi connectivity index (χ2n) is 7.10. The monoisotopic (exact) mass is 399 g/mol. The van der Waals surface area contributed by atoms with Crippen LogP contribution in [0.15, 0.2) is 54.6 Å². The molecule has 4 nitrogen and oxygen atoms in total. The molecule has 0 aliphatic carbocycles. The highest BCUT2D eigenvalue weighted by Crippen LogP contribution is 2.30. The van der Waals surface area contributed by atoms with Gasteiger partial charge in [-0.3, -0.25) is 4.79 Å². The number of carbonyl (C=O) groups is 1. The van der Waals surface area contributed by atoms with Crippen molar-refractivity contribution >= 4 is 28.3 Å². The Morgan fingerprint density at radius 1 is 1.11 bits per heavy atom. The van der Waals surface area contributed by atoms with Gasteiger partial charge in [-0.2, -0.15) is 0 Å². The SMILES string of the molecule is O=C(c1ccc2cc(-c3cccc(Cl)c3F)ccc2c1)N1C[C@H](CO)[C@@H](O)C1. The molecule has 1 heterocycles. The summed E-state index contributed by atoms with van der Waals surface area (Å²) in [7, 11) is 0. The Labute approximate surface area is 166 Å². The molecule has 4 rings (SSSR count). The van der Waals surface area contributed by atoms with Crippen LogP contribution in [-0.2, 0) is 0 Å². The third kappa shape index (κ3) is 3.37. The molecule has 0 spiro atoms. The molecule has 3 aromatic carbocycles. The van der Waals surface area contributed by atoms with Crippen LogP contribution in [-0.4, -0.2) is 46.8 Å². The van der Waals surface area contributed by atoms with E-state index in [9.17, 15) is 19.4 Å². The van der Waals surface area contributed by atoms with E-state index in [1.54, 1.807) is 35.2 Å². The minimum atomic E-state index is -0.704. The third-order valence-electron chi connectivity index (χ3n) is 5.28. The first kappa shape index (κ1) is 18.9. The Balaban J connectivity index is 1.64. The van der Waals surface area contributed by atoms with Crippen molar-refractivity contribution in [2.45, 2.75) is 6.10 Å². The predicted molar refractivity (Wildman–Crippen MR) is 107 cm³/mol. The van der Waals surface area contributed by atoms with Gasteiger partial charge < -0.3 is 15.1 Å². The number of β-amino-alcohol motifs (C(OH)–C–C–N with tert-alkyl or cyclic N) is 1. The number of benzene rings is 3. The number of hydrogen-bond acceptors (Lipinski definition) is 3. The molecule has 144 valence electrons. The van der Waals surface area contributed by atoms with Crippen molar-refractivity contribution in [3.05, 3.63) is 71.0 Å². The lowest BCUT2D eigenvalue weighted by molar-refractivity contribution is 0.0763. The van der Waals surface area contributed by atoms with Gasteiger partial charge in [0.2, 0.25) is 0 Å². The quantitative estimate of drug-likeness (QED) is 0.705. The van der Waals surface area contributed by atoms with E-state index < -0.39 is 11.9 Å². The second kappa shape index (κ2) is 7.51. The van der Waals surface area contributed by atoms with Crippen LogP contribution < -0.4 is 0 Å². The normalized spacial score (nSPS) is 19.4. The van der Waals surface area contributed by atoms with Crippen LogP contribution in [0.3, 0.4) is 0 Å². The van der Waals surface area contributed by atoms with E-state index in [1.807, 2.05) is 18.2 Å². The fourth-order valence-corrected chi connectivity index (χ4v) is 3.83. The van der Waals surface area contributed by atoms with Gasteiger partial charge in [0.1, 0.15) is 5.82 Å². The average Bonchev–Trinajstić information content (AvgIpc) is 3.09. The van der Waals surface area contributed by atoms with E-state index in [4.69, 9.17) is 11.6 Å². The molecule has 0 unspecified atom stereocenters. The van der Waals surface area contributed by atoms with Gasteiger partial charge in [0.15, 0.2) is 0 Å². The van der Waals surface area contributed by atoms with Gasteiger partial charge in [0.05, 0.1) is 17.7 Å². The highest BCUT2D eigenvalue weighted by Gasteiger charge is 2.33. The zero-order chi connectivity index (χ0) is 19.8. The van der Waals surface area contributed by atoms with E-state index in [1.165, 1.54) is 6.07 Å². The summed E-state index contributed by atoms with van der Waals surface area (Å²) < 4.78 is 14.3. The maximum Gasteiger partial charge on any atom is 0.253 e. The van der Waals surface area contributed by atoms with Crippen LogP contribution in [0, 0.1) is 11.7 Å². The van der Waals surface area contributed by atoms with Crippen LogP contribution in [0.1, 0.15) is 10.4 Å². The number of hydrogen-bond donors (Lipinski definition) is 2. The maximum atomic E-state index is 14.3. The number of amides is 1. The van der Waals surface area contributed by atoms with E-state index >= 15 is 0 Å². The van der Waals surface area contributed by atoms with Crippen LogP contribution in [0.4, 0.5) is 4.39 Å². The van der Waals surface area contributed by atoms with Crippen LogP contribution in [0.25, 0.3) is 21.9 Å². The fraction of sp³-hybridized carbons (Fsp3) is 0.227. The lowest BCUT2D eigenvalue weighted by Crippen LogP contribution is -2.29. The van der Waals surface area contributed by atoms with E-state index in [2.05, 4.69) is 0 Å². The molecule has 1 amide bonds. The summed E-state index contributed by atoms with van der Waals surface area (Å²) >= 11 is 5.88. The second-order valence-corrected chi connectivity index (χ2v) is 7.51. The number of fused-ring (bicyclic) bond motifs is 1. The number of aliphatic hydroxyl groups excluding tert-OH is 2. The van der Waals surface area contributed by atoms with Crippen LogP contribution >= 0.6 is 11.6 Å². The lowest BCUT2D eigenvalue weighted by atomic mass is 9.99. The van der Waals surface area contributed by atoms with E-state index in [-0.39, 0.29) is 30.0 Å². The van der Waals surface area contributed by atoms with Gasteiger partial charge in [-0.1, -0.05) is 41.9 Å². The molecule has 1 aliphatic heterocycles. The minimum Gasteiger partial charge on any atom is -0.396 e.